The largest absolute Gasteiger partial charge is 0.386 e. The fourth-order valence-corrected chi connectivity index (χ4v) is 4.24. The molecule has 2 rings (SSSR count). The molecule has 23 heavy (non-hydrogen) atoms. The van der Waals surface area contributed by atoms with Crippen LogP contribution >= 0.6 is 0 Å². The predicted molar refractivity (Wildman–Crippen MR) is 94.2 cm³/mol. The zero-order chi connectivity index (χ0) is 16.9. The van der Waals surface area contributed by atoms with Gasteiger partial charge in [-0.2, -0.15) is 4.40 Å². The Bertz CT molecular complexity index is 764. The SMILES string of the molecule is CS(=O)(=O)/N=C(\N)CS(=O)C(c1ccccc1)c1ccccc1. The Hall–Kier alpha value is -1.99. The van der Waals surface area contributed by atoms with Gasteiger partial charge in [0.25, 0.3) is 10.0 Å². The van der Waals surface area contributed by atoms with Crippen LogP contribution in [0.1, 0.15) is 16.4 Å². The number of sulfonamides is 1. The maximum absolute atomic E-state index is 12.8. The summed E-state index contributed by atoms with van der Waals surface area (Å²) in [5, 5.41) is -0.397. The summed E-state index contributed by atoms with van der Waals surface area (Å²) in [6.07, 6.45) is 0.953. The van der Waals surface area contributed by atoms with Gasteiger partial charge in [0.05, 0.1) is 17.3 Å². The first-order valence-corrected chi connectivity index (χ1v) is 10.1. The Labute approximate surface area is 138 Å². The molecule has 1 atom stereocenters. The van der Waals surface area contributed by atoms with Gasteiger partial charge in [-0.3, -0.25) is 4.21 Å². The molecule has 0 amide bonds. The average molecular weight is 350 g/mol. The Kier molecular flexibility index (Phi) is 5.68. The van der Waals surface area contributed by atoms with E-state index in [9.17, 15) is 12.6 Å². The Morgan fingerprint density at radius 2 is 1.48 bits per heavy atom. The molecule has 0 heterocycles. The fraction of sp³-hybridized carbons (Fsp3) is 0.188. The van der Waals surface area contributed by atoms with E-state index in [0.29, 0.717) is 0 Å². The molecule has 0 spiro atoms. The van der Waals surface area contributed by atoms with Crippen LogP contribution in [0.4, 0.5) is 0 Å². The van der Waals surface area contributed by atoms with Crippen LogP contribution in [0.2, 0.25) is 0 Å². The van der Waals surface area contributed by atoms with E-state index in [1.807, 2.05) is 60.7 Å². The van der Waals surface area contributed by atoms with Crippen molar-refractivity contribution in [2.75, 3.05) is 12.0 Å². The number of benzene rings is 2. The van der Waals surface area contributed by atoms with Crippen LogP contribution in [0.15, 0.2) is 65.1 Å². The lowest BCUT2D eigenvalue weighted by Gasteiger charge is -2.17. The van der Waals surface area contributed by atoms with Gasteiger partial charge in [-0.1, -0.05) is 60.7 Å². The molecule has 2 aromatic rings. The summed E-state index contributed by atoms with van der Waals surface area (Å²) in [5.74, 6) is -0.260. The van der Waals surface area contributed by atoms with Crippen LogP contribution in [0.3, 0.4) is 0 Å². The normalized spacial score (nSPS) is 13.9. The quantitative estimate of drug-likeness (QED) is 0.636. The first-order chi connectivity index (χ1) is 10.9. The molecule has 0 aliphatic heterocycles. The predicted octanol–water partition coefficient (Wildman–Crippen LogP) is 1.84. The van der Waals surface area contributed by atoms with Gasteiger partial charge in [0, 0.05) is 10.8 Å². The monoisotopic (exact) mass is 350 g/mol. The van der Waals surface area contributed by atoms with E-state index in [1.165, 1.54) is 0 Å². The summed E-state index contributed by atoms with van der Waals surface area (Å²) >= 11 is 0. The highest BCUT2D eigenvalue weighted by molar-refractivity contribution is 7.89. The minimum absolute atomic E-state index is 0.110. The number of nitrogens with two attached hydrogens (primary N) is 1. The second-order valence-corrected chi connectivity index (χ2v) is 8.21. The van der Waals surface area contributed by atoms with Crippen molar-refractivity contribution in [3.8, 4) is 0 Å². The highest BCUT2D eigenvalue weighted by atomic mass is 32.2. The van der Waals surface area contributed by atoms with Crippen molar-refractivity contribution in [2.24, 2.45) is 10.1 Å². The lowest BCUT2D eigenvalue weighted by molar-refractivity contribution is 0.603. The van der Waals surface area contributed by atoms with Crippen molar-refractivity contribution in [1.82, 2.24) is 0 Å². The molecule has 0 aliphatic carbocycles. The van der Waals surface area contributed by atoms with Crippen LogP contribution in [0, 0.1) is 0 Å². The minimum Gasteiger partial charge on any atom is -0.386 e. The molecule has 0 saturated carbocycles. The first kappa shape index (κ1) is 17.4. The summed E-state index contributed by atoms with van der Waals surface area (Å²) < 4.78 is 38.5. The topological polar surface area (TPSA) is 89.6 Å². The third-order valence-corrected chi connectivity index (χ3v) is 5.26. The lowest BCUT2D eigenvalue weighted by Crippen LogP contribution is -2.25. The molecule has 0 aromatic heterocycles. The highest BCUT2D eigenvalue weighted by Crippen LogP contribution is 2.28. The van der Waals surface area contributed by atoms with Crippen LogP contribution in [-0.2, 0) is 20.8 Å². The maximum atomic E-state index is 12.8. The van der Waals surface area contributed by atoms with E-state index in [2.05, 4.69) is 4.40 Å². The van der Waals surface area contributed by atoms with E-state index in [-0.39, 0.29) is 11.6 Å². The van der Waals surface area contributed by atoms with Crippen molar-refractivity contribution in [1.29, 1.82) is 0 Å². The zero-order valence-corrected chi connectivity index (χ0v) is 14.3. The molecule has 2 aromatic carbocycles. The van der Waals surface area contributed by atoms with Crippen LogP contribution < -0.4 is 5.73 Å². The molecule has 7 heteroatoms. The van der Waals surface area contributed by atoms with E-state index >= 15 is 0 Å². The summed E-state index contributed by atoms with van der Waals surface area (Å²) in [5.41, 5.74) is 7.39. The summed E-state index contributed by atoms with van der Waals surface area (Å²) in [4.78, 5) is 0. The van der Waals surface area contributed by atoms with Crippen LogP contribution in [-0.4, -0.2) is 30.5 Å². The average Bonchev–Trinajstić information content (AvgIpc) is 2.47. The number of nitrogens with zero attached hydrogens (tertiary/aromatic N) is 1. The molecule has 0 bridgehead atoms. The van der Waals surface area contributed by atoms with Gasteiger partial charge in [-0.15, -0.1) is 0 Å². The van der Waals surface area contributed by atoms with Crippen molar-refractivity contribution in [2.45, 2.75) is 5.25 Å². The maximum Gasteiger partial charge on any atom is 0.251 e. The smallest absolute Gasteiger partial charge is 0.251 e. The third kappa shape index (κ3) is 5.30. The summed E-state index contributed by atoms with van der Waals surface area (Å²) in [6, 6.07) is 18.8. The molecule has 2 N–H and O–H groups in total. The van der Waals surface area contributed by atoms with Gasteiger partial charge >= 0.3 is 0 Å². The van der Waals surface area contributed by atoms with Crippen molar-refractivity contribution in [3.63, 3.8) is 0 Å². The molecule has 1 unspecified atom stereocenters. The van der Waals surface area contributed by atoms with E-state index < -0.39 is 26.1 Å². The second kappa shape index (κ2) is 7.52. The summed E-state index contributed by atoms with van der Waals surface area (Å²) in [6.45, 7) is 0. The van der Waals surface area contributed by atoms with Gasteiger partial charge in [-0.25, -0.2) is 8.42 Å². The Morgan fingerprint density at radius 3 is 1.87 bits per heavy atom. The van der Waals surface area contributed by atoms with Crippen molar-refractivity contribution < 1.29 is 12.6 Å². The second-order valence-electron chi connectivity index (χ2n) is 5.04. The molecule has 5 nitrogen and oxygen atoms in total. The van der Waals surface area contributed by atoms with E-state index in [4.69, 9.17) is 5.73 Å². The standard InChI is InChI=1S/C16H18N2O3S2/c1-23(20,21)18-15(17)12-22(19)16(13-8-4-2-5-9-13)14-10-6-3-7-11-14/h2-11,16H,12H2,1H3,(H2,17,18). The lowest BCUT2D eigenvalue weighted by atomic mass is 10.0. The third-order valence-electron chi connectivity index (χ3n) is 3.04. The minimum atomic E-state index is -3.60. The summed E-state index contributed by atoms with van der Waals surface area (Å²) in [7, 11) is -5.04. The van der Waals surface area contributed by atoms with Gasteiger partial charge in [0.15, 0.2) is 0 Å². The van der Waals surface area contributed by atoms with Gasteiger partial charge < -0.3 is 5.73 Å². The molecule has 0 saturated heterocycles. The number of amidine groups is 1. The zero-order valence-electron chi connectivity index (χ0n) is 12.6. The molecular weight excluding hydrogens is 332 g/mol. The van der Waals surface area contributed by atoms with Gasteiger partial charge in [0.1, 0.15) is 5.84 Å². The molecule has 122 valence electrons. The highest BCUT2D eigenvalue weighted by Gasteiger charge is 2.22. The van der Waals surface area contributed by atoms with Crippen molar-refractivity contribution >= 4 is 26.7 Å². The number of hydrogen-bond acceptors (Lipinski definition) is 3. The molecule has 0 fully saturated rings. The Morgan fingerprint density at radius 1 is 1.04 bits per heavy atom. The fourth-order valence-electron chi connectivity index (χ4n) is 2.22. The Balaban J connectivity index is 2.35. The van der Waals surface area contributed by atoms with Gasteiger partial charge in [-0.05, 0) is 11.1 Å². The number of hydrogen-bond donors (Lipinski definition) is 1. The molecule has 0 aliphatic rings. The molecule has 0 radical (unpaired) electrons. The van der Waals surface area contributed by atoms with Gasteiger partial charge in [0.2, 0.25) is 0 Å². The van der Waals surface area contributed by atoms with E-state index in [1.54, 1.807) is 0 Å². The number of rotatable bonds is 6. The first-order valence-electron chi connectivity index (χ1n) is 6.88. The molecular formula is C16H18N2O3S2. The van der Waals surface area contributed by atoms with E-state index in [0.717, 1.165) is 17.4 Å². The van der Waals surface area contributed by atoms with Crippen molar-refractivity contribution in [3.05, 3.63) is 71.8 Å². The van der Waals surface area contributed by atoms with Crippen LogP contribution in [0.5, 0.6) is 0 Å². The van der Waals surface area contributed by atoms with Crippen LogP contribution in [0.25, 0.3) is 0 Å².